The fourth-order valence-corrected chi connectivity index (χ4v) is 2.17. The number of carbonyl (C=O) groups is 2. The molecule has 0 unspecified atom stereocenters. The Bertz CT molecular complexity index is 700. The molecule has 0 aliphatic heterocycles. The van der Waals surface area contributed by atoms with Gasteiger partial charge in [-0.2, -0.15) is 0 Å². The number of rotatable bonds is 7. The minimum absolute atomic E-state index is 0.185. The quantitative estimate of drug-likeness (QED) is 0.762. The van der Waals surface area contributed by atoms with Crippen molar-refractivity contribution in [1.29, 1.82) is 0 Å². The smallest absolute Gasteiger partial charge is 0.325 e. The number of nitrogens with zero attached hydrogens (tertiary/aromatic N) is 1. The molecule has 6 nitrogen and oxygen atoms in total. The number of nitrogens with one attached hydrogen (secondary N) is 2. The van der Waals surface area contributed by atoms with Gasteiger partial charge in [0.15, 0.2) is 0 Å². The summed E-state index contributed by atoms with van der Waals surface area (Å²) in [6.45, 7) is 2.42. The zero-order valence-corrected chi connectivity index (χ0v) is 13.4. The number of carbonyl (C=O) groups excluding carboxylic acids is 2. The molecule has 2 aromatic rings. The van der Waals surface area contributed by atoms with Crippen LogP contribution in [0.15, 0.2) is 42.6 Å². The lowest BCUT2D eigenvalue weighted by molar-refractivity contribution is -0.141. The number of esters is 1. The standard InChI is InChI=1S/C17H20FN3O3/c1-2-24-16(22)11-20-17(23)19-10-14-7-5-9-21(14)12-13-6-3-4-8-15(13)18/h3-9H,2,10-12H2,1H3,(H2,19,20,23). The van der Waals surface area contributed by atoms with Gasteiger partial charge in [0.2, 0.25) is 0 Å². The first-order valence-corrected chi connectivity index (χ1v) is 7.65. The summed E-state index contributed by atoms with van der Waals surface area (Å²) >= 11 is 0. The molecule has 1 aromatic carbocycles. The number of hydrogen-bond acceptors (Lipinski definition) is 3. The van der Waals surface area contributed by atoms with Crippen LogP contribution in [-0.4, -0.2) is 29.7 Å². The van der Waals surface area contributed by atoms with Gasteiger partial charge < -0.3 is 19.9 Å². The summed E-state index contributed by atoms with van der Waals surface area (Å²) in [5.41, 5.74) is 1.39. The molecular formula is C17H20FN3O3. The summed E-state index contributed by atoms with van der Waals surface area (Å²) < 4.78 is 20.3. The summed E-state index contributed by atoms with van der Waals surface area (Å²) in [6.07, 6.45) is 1.82. The number of halogens is 1. The molecule has 0 saturated carbocycles. The second-order valence-electron chi connectivity index (χ2n) is 5.06. The van der Waals surface area contributed by atoms with Crippen molar-refractivity contribution in [2.24, 2.45) is 0 Å². The summed E-state index contributed by atoms with van der Waals surface area (Å²) in [5, 5.41) is 5.07. The van der Waals surface area contributed by atoms with E-state index in [2.05, 4.69) is 10.6 Å². The lowest BCUT2D eigenvalue weighted by atomic mass is 10.2. The van der Waals surface area contributed by atoms with Crippen LogP contribution in [0.4, 0.5) is 9.18 Å². The van der Waals surface area contributed by atoms with Crippen LogP contribution in [0.3, 0.4) is 0 Å². The highest BCUT2D eigenvalue weighted by atomic mass is 19.1. The van der Waals surface area contributed by atoms with Gasteiger partial charge in [-0.25, -0.2) is 9.18 Å². The van der Waals surface area contributed by atoms with E-state index in [0.29, 0.717) is 12.1 Å². The second-order valence-corrected chi connectivity index (χ2v) is 5.06. The summed E-state index contributed by atoms with van der Waals surface area (Å²) in [6, 6.07) is 9.76. The molecule has 2 N–H and O–H groups in total. The average molecular weight is 333 g/mol. The average Bonchev–Trinajstić information content (AvgIpc) is 3.00. The number of ether oxygens (including phenoxy) is 1. The van der Waals surface area contributed by atoms with Crippen molar-refractivity contribution in [1.82, 2.24) is 15.2 Å². The molecule has 0 bridgehead atoms. The molecule has 2 amide bonds. The van der Waals surface area contributed by atoms with Crippen molar-refractivity contribution >= 4 is 12.0 Å². The molecule has 0 fully saturated rings. The van der Waals surface area contributed by atoms with Crippen molar-refractivity contribution < 1.29 is 18.7 Å². The first kappa shape index (κ1) is 17.5. The topological polar surface area (TPSA) is 72.4 Å². The molecule has 2 rings (SSSR count). The first-order valence-electron chi connectivity index (χ1n) is 7.65. The molecule has 0 saturated heterocycles. The normalized spacial score (nSPS) is 10.2. The monoisotopic (exact) mass is 333 g/mol. The molecular weight excluding hydrogens is 313 g/mol. The van der Waals surface area contributed by atoms with Gasteiger partial charge in [-0.05, 0) is 25.1 Å². The van der Waals surface area contributed by atoms with Gasteiger partial charge >= 0.3 is 12.0 Å². The molecule has 7 heteroatoms. The third-order valence-corrected chi connectivity index (χ3v) is 3.35. The van der Waals surface area contributed by atoms with Crippen molar-refractivity contribution in [2.75, 3.05) is 13.2 Å². The van der Waals surface area contributed by atoms with E-state index in [1.807, 2.05) is 22.9 Å². The largest absolute Gasteiger partial charge is 0.465 e. The molecule has 24 heavy (non-hydrogen) atoms. The Hall–Kier alpha value is -2.83. The van der Waals surface area contributed by atoms with E-state index in [4.69, 9.17) is 4.74 Å². The molecule has 0 aliphatic rings. The highest BCUT2D eigenvalue weighted by Crippen LogP contribution is 2.11. The van der Waals surface area contributed by atoms with Gasteiger partial charge in [0.25, 0.3) is 0 Å². The predicted molar refractivity (Wildman–Crippen MR) is 86.8 cm³/mol. The maximum Gasteiger partial charge on any atom is 0.325 e. The second kappa shape index (κ2) is 8.71. The molecule has 0 atom stereocenters. The van der Waals surface area contributed by atoms with Crippen molar-refractivity contribution in [2.45, 2.75) is 20.0 Å². The zero-order valence-electron chi connectivity index (χ0n) is 13.4. The fraction of sp³-hybridized carbons (Fsp3) is 0.294. The van der Waals surface area contributed by atoms with Crippen LogP contribution in [0.25, 0.3) is 0 Å². The Labute approximate surface area is 139 Å². The van der Waals surface area contributed by atoms with Gasteiger partial charge in [-0.1, -0.05) is 18.2 Å². The van der Waals surface area contributed by atoms with Crippen LogP contribution in [0.1, 0.15) is 18.2 Å². The third-order valence-electron chi connectivity index (χ3n) is 3.35. The van der Waals surface area contributed by atoms with E-state index in [1.54, 1.807) is 25.1 Å². The van der Waals surface area contributed by atoms with Crippen LogP contribution in [0.5, 0.6) is 0 Å². The van der Waals surface area contributed by atoms with Gasteiger partial charge in [-0.15, -0.1) is 0 Å². The highest BCUT2D eigenvalue weighted by Gasteiger charge is 2.08. The van der Waals surface area contributed by atoms with Gasteiger partial charge in [0.1, 0.15) is 12.4 Å². The number of urea groups is 1. The first-order chi connectivity index (χ1) is 11.6. The number of benzene rings is 1. The van der Waals surface area contributed by atoms with E-state index in [1.165, 1.54) is 6.07 Å². The maximum absolute atomic E-state index is 13.7. The number of aromatic nitrogens is 1. The van der Waals surface area contributed by atoms with Gasteiger partial charge in [-0.3, -0.25) is 4.79 Å². The highest BCUT2D eigenvalue weighted by molar-refractivity contribution is 5.80. The fourth-order valence-electron chi connectivity index (χ4n) is 2.17. The SMILES string of the molecule is CCOC(=O)CNC(=O)NCc1cccn1Cc1ccccc1F. The summed E-state index contributed by atoms with van der Waals surface area (Å²) in [7, 11) is 0. The summed E-state index contributed by atoms with van der Waals surface area (Å²) in [4.78, 5) is 22.8. The Balaban J connectivity index is 1.86. The van der Waals surface area contributed by atoms with Crippen molar-refractivity contribution in [3.63, 3.8) is 0 Å². The molecule has 0 aliphatic carbocycles. The third kappa shape index (κ3) is 5.12. The lowest BCUT2D eigenvalue weighted by Gasteiger charge is -2.11. The number of amides is 2. The maximum atomic E-state index is 13.7. The van der Waals surface area contributed by atoms with E-state index in [0.717, 1.165) is 5.69 Å². The molecule has 128 valence electrons. The zero-order chi connectivity index (χ0) is 17.4. The van der Waals surface area contributed by atoms with Crippen LogP contribution < -0.4 is 10.6 Å². The van der Waals surface area contributed by atoms with Crippen LogP contribution in [-0.2, 0) is 22.6 Å². The lowest BCUT2D eigenvalue weighted by Crippen LogP contribution is -2.38. The van der Waals surface area contributed by atoms with Crippen molar-refractivity contribution in [3.05, 3.63) is 59.7 Å². The van der Waals surface area contributed by atoms with E-state index >= 15 is 0 Å². The van der Waals surface area contributed by atoms with E-state index in [-0.39, 0.29) is 25.5 Å². The Kier molecular flexibility index (Phi) is 6.36. The van der Waals surface area contributed by atoms with Crippen LogP contribution >= 0.6 is 0 Å². The molecule has 0 spiro atoms. The molecule has 1 aromatic heterocycles. The molecule has 0 radical (unpaired) electrons. The number of hydrogen-bond donors (Lipinski definition) is 2. The molecule has 1 heterocycles. The van der Waals surface area contributed by atoms with Crippen LogP contribution in [0, 0.1) is 5.82 Å². The van der Waals surface area contributed by atoms with E-state index < -0.39 is 12.0 Å². The van der Waals surface area contributed by atoms with E-state index in [9.17, 15) is 14.0 Å². The van der Waals surface area contributed by atoms with Crippen molar-refractivity contribution in [3.8, 4) is 0 Å². The van der Waals surface area contributed by atoms with Gasteiger partial charge in [0.05, 0.1) is 19.7 Å². The predicted octanol–water partition coefficient (Wildman–Crippen LogP) is 2.04. The van der Waals surface area contributed by atoms with Crippen LogP contribution in [0.2, 0.25) is 0 Å². The Morgan fingerprint density at radius 2 is 1.96 bits per heavy atom. The Morgan fingerprint density at radius 3 is 2.71 bits per heavy atom. The van der Waals surface area contributed by atoms with Gasteiger partial charge in [0, 0.05) is 17.5 Å². The summed E-state index contributed by atoms with van der Waals surface area (Å²) in [5.74, 6) is -0.757. The Morgan fingerprint density at radius 1 is 1.17 bits per heavy atom. The minimum atomic E-state index is -0.490. The minimum Gasteiger partial charge on any atom is -0.465 e.